The van der Waals surface area contributed by atoms with E-state index in [1.165, 1.54) is 6.07 Å². The Hall–Kier alpha value is -1.48. The summed E-state index contributed by atoms with van der Waals surface area (Å²) in [5.41, 5.74) is -1.02. The van der Waals surface area contributed by atoms with Crippen molar-refractivity contribution in [3.63, 3.8) is 0 Å². The van der Waals surface area contributed by atoms with Crippen LogP contribution < -0.4 is 0 Å². The van der Waals surface area contributed by atoms with Gasteiger partial charge in [0.25, 0.3) is 6.43 Å². The number of nitriles is 1. The quantitative estimate of drug-likeness (QED) is 0.786. The van der Waals surface area contributed by atoms with E-state index < -0.39 is 18.0 Å². The van der Waals surface area contributed by atoms with E-state index in [9.17, 15) is 13.6 Å². The zero-order valence-corrected chi connectivity index (χ0v) is 9.72. The second kappa shape index (κ2) is 5.03. The summed E-state index contributed by atoms with van der Waals surface area (Å²) in [5, 5.41) is 8.78. The van der Waals surface area contributed by atoms with Crippen molar-refractivity contribution in [2.75, 3.05) is 7.11 Å². The molecule has 0 amide bonds. The van der Waals surface area contributed by atoms with Crippen LogP contribution >= 0.6 is 15.9 Å². The second-order valence-corrected chi connectivity index (χ2v) is 3.74. The number of alkyl halides is 2. The standard InChI is InChI=1S/C10H6BrF2NO2/c1-16-10(15)7-3-5(11)2-6(9(12)13)8(7)4-14/h2-3,9H,1H3. The number of nitrogens with zero attached hydrogens (tertiary/aromatic N) is 1. The molecule has 1 aromatic carbocycles. The van der Waals surface area contributed by atoms with Gasteiger partial charge in [-0.2, -0.15) is 5.26 Å². The number of methoxy groups -OCH3 is 1. The molecule has 3 nitrogen and oxygen atoms in total. The molecule has 6 heteroatoms. The molecule has 0 radical (unpaired) electrons. The molecule has 0 heterocycles. The fourth-order valence-corrected chi connectivity index (χ4v) is 1.67. The number of carbonyl (C=O) groups excluding carboxylic acids is 1. The highest BCUT2D eigenvalue weighted by atomic mass is 79.9. The summed E-state index contributed by atoms with van der Waals surface area (Å²) in [5.74, 6) is -0.820. The molecule has 0 atom stereocenters. The molecular weight excluding hydrogens is 284 g/mol. The van der Waals surface area contributed by atoms with Gasteiger partial charge >= 0.3 is 5.97 Å². The predicted octanol–water partition coefficient (Wildman–Crippen LogP) is 3.04. The Morgan fingerprint density at radius 2 is 2.19 bits per heavy atom. The first-order valence-electron chi connectivity index (χ1n) is 4.11. The van der Waals surface area contributed by atoms with Crippen LogP contribution in [0.15, 0.2) is 16.6 Å². The fraction of sp³-hybridized carbons (Fsp3) is 0.200. The van der Waals surface area contributed by atoms with Gasteiger partial charge in [0.1, 0.15) is 6.07 Å². The van der Waals surface area contributed by atoms with Crippen LogP contribution in [0.1, 0.15) is 27.9 Å². The topological polar surface area (TPSA) is 50.1 Å². The lowest BCUT2D eigenvalue weighted by Gasteiger charge is -2.08. The number of carbonyl (C=O) groups is 1. The van der Waals surface area contributed by atoms with Crippen LogP contribution in [0.25, 0.3) is 0 Å². The summed E-state index contributed by atoms with van der Waals surface area (Å²) in [6.45, 7) is 0. The second-order valence-electron chi connectivity index (χ2n) is 2.82. The van der Waals surface area contributed by atoms with Crippen molar-refractivity contribution in [3.8, 4) is 6.07 Å². The Balaban J connectivity index is 3.50. The van der Waals surface area contributed by atoms with E-state index in [4.69, 9.17) is 5.26 Å². The third-order valence-corrected chi connectivity index (χ3v) is 2.34. The molecule has 84 valence electrons. The lowest BCUT2D eigenvalue weighted by atomic mass is 10.0. The zero-order chi connectivity index (χ0) is 12.3. The molecule has 0 N–H and O–H groups in total. The highest BCUT2D eigenvalue weighted by Gasteiger charge is 2.21. The van der Waals surface area contributed by atoms with E-state index in [0.29, 0.717) is 4.47 Å². The first-order valence-corrected chi connectivity index (χ1v) is 4.90. The van der Waals surface area contributed by atoms with Crippen molar-refractivity contribution >= 4 is 21.9 Å². The Morgan fingerprint density at radius 1 is 1.56 bits per heavy atom. The Kier molecular flexibility index (Phi) is 3.96. The van der Waals surface area contributed by atoms with Gasteiger partial charge in [-0.1, -0.05) is 15.9 Å². The van der Waals surface area contributed by atoms with Crippen LogP contribution in [0.2, 0.25) is 0 Å². The number of esters is 1. The van der Waals surface area contributed by atoms with Crippen LogP contribution in [0.4, 0.5) is 8.78 Å². The highest BCUT2D eigenvalue weighted by Crippen LogP contribution is 2.29. The van der Waals surface area contributed by atoms with Crippen LogP contribution in [0.3, 0.4) is 0 Å². The zero-order valence-electron chi connectivity index (χ0n) is 8.13. The minimum absolute atomic E-state index is 0.172. The van der Waals surface area contributed by atoms with E-state index in [0.717, 1.165) is 13.2 Å². The van der Waals surface area contributed by atoms with Gasteiger partial charge in [-0.25, -0.2) is 13.6 Å². The monoisotopic (exact) mass is 289 g/mol. The van der Waals surface area contributed by atoms with Crippen molar-refractivity contribution < 1.29 is 18.3 Å². The summed E-state index contributed by atoms with van der Waals surface area (Å²) in [6, 6.07) is 3.97. The van der Waals surface area contributed by atoms with Crippen molar-refractivity contribution in [2.24, 2.45) is 0 Å². The molecule has 16 heavy (non-hydrogen) atoms. The molecule has 0 fully saturated rings. The van der Waals surface area contributed by atoms with E-state index in [1.807, 2.05) is 0 Å². The third-order valence-electron chi connectivity index (χ3n) is 1.89. The summed E-state index contributed by atoms with van der Waals surface area (Å²) in [4.78, 5) is 11.3. The largest absolute Gasteiger partial charge is 0.465 e. The van der Waals surface area contributed by atoms with Crippen LogP contribution in [0, 0.1) is 11.3 Å². The summed E-state index contributed by atoms with van der Waals surface area (Å²) >= 11 is 2.99. The minimum atomic E-state index is -2.82. The normalized spacial score (nSPS) is 10.0. The smallest absolute Gasteiger partial charge is 0.339 e. The summed E-state index contributed by atoms with van der Waals surface area (Å²) < 4.78 is 29.9. The molecule has 0 aliphatic heterocycles. The van der Waals surface area contributed by atoms with E-state index in [1.54, 1.807) is 6.07 Å². The molecule has 0 aliphatic carbocycles. The van der Waals surface area contributed by atoms with Gasteiger partial charge in [0.2, 0.25) is 0 Å². The minimum Gasteiger partial charge on any atom is -0.465 e. The van der Waals surface area contributed by atoms with Gasteiger partial charge in [0, 0.05) is 10.0 Å². The third kappa shape index (κ3) is 2.36. The van der Waals surface area contributed by atoms with Gasteiger partial charge < -0.3 is 4.74 Å². The molecule has 0 saturated heterocycles. The molecule has 0 bridgehead atoms. The Labute approximate surface area is 98.8 Å². The maximum atomic E-state index is 12.6. The molecular formula is C10H6BrF2NO2. The lowest BCUT2D eigenvalue weighted by molar-refractivity contribution is 0.0599. The first kappa shape index (κ1) is 12.6. The Morgan fingerprint density at radius 3 is 2.62 bits per heavy atom. The van der Waals surface area contributed by atoms with E-state index in [2.05, 4.69) is 20.7 Å². The van der Waals surface area contributed by atoms with Crippen LogP contribution in [-0.2, 0) is 4.74 Å². The number of ether oxygens (including phenoxy) is 1. The van der Waals surface area contributed by atoms with Gasteiger partial charge in [-0.15, -0.1) is 0 Å². The van der Waals surface area contributed by atoms with Gasteiger partial charge in [-0.05, 0) is 12.1 Å². The van der Waals surface area contributed by atoms with E-state index in [-0.39, 0.29) is 11.1 Å². The van der Waals surface area contributed by atoms with Crippen molar-refractivity contribution in [3.05, 3.63) is 33.3 Å². The maximum absolute atomic E-state index is 12.6. The molecule has 0 spiro atoms. The molecule has 1 rings (SSSR count). The van der Waals surface area contributed by atoms with Gasteiger partial charge in [0.05, 0.1) is 18.2 Å². The number of halogens is 3. The lowest BCUT2D eigenvalue weighted by Crippen LogP contribution is -2.07. The highest BCUT2D eigenvalue weighted by molar-refractivity contribution is 9.10. The summed E-state index contributed by atoms with van der Waals surface area (Å²) in [6.07, 6.45) is -2.82. The van der Waals surface area contributed by atoms with Crippen molar-refractivity contribution in [1.82, 2.24) is 0 Å². The first-order chi connectivity index (χ1) is 7.51. The number of hydrogen-bond donors (Lipinski definition) is 0. The van der Waals surface area contributed by atoms with E-state index >= 15 is 0 Å². The van der Waals surface area contributed by atoms with Crippen molar-refractivity contribution in [2.45, 2.75) is 6.43 Å². The number of rotatable bonds is 2. The van der Waals surface area contributed by atoms with Gasteiger partial charge in [0.15, 0.2) is 0 Å². The maximum Gasteiger partial charge on any atom is 0.339 e. The SMILES string of the molecule is COC(=O)c1cc(Br)cc(C(F)F)c1C#N. The predicted molar refractivity (Wildman–Crippen MR) is 55.2 cm³/mol. The molecule has 0 aromatic heterocycles. The molecule has 0 unspecified atom stereocenters. The molecule has 0 saturated carbocycles. The Bertz CT molecular complexity index is 469. The molecule has 0 aliphatic rings. The van der Waals surface area contributed by atoms with Crippen LogP contribution in [-0.4, -0.2) is 13.1 Å². The summed E-state index contributed by atoms with van der Waals surface area (Å²) in [7, 11) is 1.12. The average molecular weight is 290 g/mol. The van der Waals surface area contributed by atoms with Crippen molar-refractivity contribution in [1.29, 1.82) is 5.26 Å². The number of benzene rings is 1. The van der Waals surface area contributed by atoms with Gasteiger partial charge in [-0.3, -0.25) is 0 Å². The average Bonchev–Trinajstić information content (AvgIpc) is 2.26. The van der Waals surface area contributed by atoms with Crippen LogP contribution in [0.5, 0.6) is 0 Å². The fourth-order valence-electron chi connectivity index (χ4n) is 1.20. The molecule has 1 aromatic rings. The number of hydrogen-bond acceptors (Lipinski definition) is 3.